The van der Waals surface area contributed by atoms with E-state index >= 15 is 0 Å². The van der Waals surface area contributed by atoms with Crippen LogP contribution in [0.1, 0.15) is 47.5 Å². The molecule has 2 bridgehead atoms. The van der Waals surface area contributed by atoms with Gasteiger partial charge in [0.25, 0.3) is 0 Å². The number of nitrogens with zero attached hydrogens (tertiary/aromatic N) is 2. The molecule has 0 aromatic heterocycles. The third-order valence-electron chi connectivity index (χ3n) is 9.91. The van der Waals surface area contributed by atoms with Gasteiger partial charge in [0.1, 0.15) is 11.5 Å². The Balaban J connectivity index is 1.55. The van der Waals surface area contributed by atoms with Crippen LogP contribution in [0.4, 0.5) is 11.4 Å². The van der Waals surface area contributed by atoms with E-state index in [1.165, 1.54) is 0 Å². The number of amides is 4. The smallest absolute Gasteiger partial charge is 0.334 e. The highest BCUT2D eigenvalue weighted by atomic mass is 79.9. The third-order valence-corrected chi connectivity index (χ3v) is 11.5. The highest BCUT2D eigenvalue weighted by Crippen LogP contribution is 2.73. The Morgan fingerprint density at radius 2 is 1.15 bits per heavy atom. The molecule has 2 saturated heterocycles. The van der Waals surface area contributed by atoms with Gasteiger partial charge in [-0.25, -0.2) is 14.6 Å². The molecule has 5 aliphatic rings. The summed E-state index contributed by atoms with van der Waals surface area (Å²) in [6.07, 6.45) is 1.43. The highest BCUT2D eigenvalue weighted by Gasteiger charge is 2.82. The Bertz CT molecular complexity index is 1590. The minimum absolute atomic E-state index is 0.0610. The third kappa shape index (κ3) is 4.16. The van der Waals surface area contributed by atoms with E-state index in [-0.39, 0.29) is 23.6 Å². The fraction of sp³-hybridized carbons (Fsp3) is 0.457. The molecule has 3 fully saturated rings. The lowest BCUT2D eigenvalue weighted by Crippen LogP contribution is -2.67. The normalized spacial score (nSPS) is 29.8. The zero-order chi connectivity index (χ0) is 33.1. The lowest BCUT2D eigenvalue weighted by molar-refractivity contribution is -0.152. The number of halogens is 1. The van der Waals surface area contributed by atoms with Crippen LogP contribution in [-0.2, 0) is 28.7 Å². The van der Waals surface area contributed by atoms with Crippen molar-refractivity contribution in [3.05, 3.63) is 59.7 Å². The molecular weight excluding hydrogens is 656 g/mol. The molecule has 2 aromatic rings. The maximum absolute atomic E-state index is 14.7. The molecule has 0 radical (unpaired) electrons. The van der Waals surface area contributed by atoms with Gasteiger partial charge in [-0.1, -0.05) is 61.0 Å². The van der Waals surface area contributed by atoms with Gasteiger partial charge < -0.3 is 14.2 Å². The molecule has 1 saturated carbocycles. The van der Waals surface area contributed by atoms with Crippen molar-refractivity contribution in [2.45, 2.75) is 51.8 Å². The predicted molar refractivity (Wildman–Crippen MR) is 172 cm³/mol. The van der Waals surface area contributed by atoms with E-state index in [1.54, 1.807) is 69.3 Å². The van der Waals surface area contributed by atoms with Gasteiger partial charge in [0.2, 0.25) is 23.6 Å². The highest BCUT2D eigenvalue weighted by molar-refractivity contribution is 9.10. The van der Waals surface area contributed by atoms with Crippen molar-refractivity contribution in [2.24, 2.45) is 29.1 Å². The van der Waals surface area contributed by atoms with Crippen molar-refractivity contribution in [1.82, 2.24) is 0 Å². The molecule has 7 rings (SSSR count). The van der Waals surface area contributed by atoms with E-state index in [0.717, 1.165) is 9.80 Å². The van der Waals surface area contributed by atoms with E-state index in [0.29, 0.717) is 43.1 Å². The molecule has 3 aliphatic carbocycles. The number of rotatable bonds is 10. The average Bonchev–Trinajstić information content (AvgIpc) is 3.47. The fourth-order valence-electron chi connectivity index (χ4n) is 8.16. The summed E-state index contributed by atoms with van der Waals surface area (Å²) >= 11 is 3.83. The Kier molecular flexibility index (Phi) is 8.11. The van der Waals surface area contributed by atoms with Crippen molar-refractivity contribution < 1.29 is 38.2 Å². The standard InChI is InChI=1S/C35H37BrN2O8/c1-6-17-45-22-15-11-9-13-20(22)37-29(39)25-27(31(37)41)35(36)19(4)24(33(43)44-8-3)34(25,5)26-28(35)32(42)38(30(26)40)21-14-10-12-16-23(21)46-18-7-2/h9-16,25-28H,6-8,17-18H2,1-5H3/t25-,26-,27-,28+,34?,35?/m0/s1. The molecule has 46 heavy (non-hydrogen) atoms. The van der Waals surface area contributed by atoms with Crippen LogP contribution in [0.2, 0.25) is 0 Å². The van der Waals surface area contributed by atoms with Crippen LogP contribution in [0.25, 0.3) is 0 Å². The Hall–Kier alpha value is -3.99. The second-order valence-corrected chi connectivity index (χ2v) is 13.7. The second kappa shape index (κ2) is 11.7. The Labute approximate surface area is 276 Å². The van der Waals surface area contributed by atoms with Gasteiger partial charge in [-0.2, -0.15) is 0 Å². The molecule has 2 heterocycles. The minimum Gasteiger partial charge on any atom is -0.491 e. The quantitative estimate of drug-likeness (QED) is 0.189. The Morgan fingerprint density at radius 3 is 1.57 bits per heavy atom. The van der Waals surface area contributed by atoms with Gasteiger partial charge in [-0.05, 0) is 56.5 Å². The van der Waals surface area contributed by atoms with Gasteiger partial charge in [-0.3, -0.25) is 19.2 Å². The van der Waals surface area contributed by atoms with Gasteiger partial charge in [0, 0.05) is 11.0 Å². The fourth-order valence-corrected chi connectivity index (χ4v) is 9.28. The maximum Gasteiger partial charge on any atom is 0.334 e. The first-order valence-corrected chi connectivity index (χ1v) is 16.6. The lowest BCUT2D eigenvalue weighted by Gasteiger charge is -2.59. The van der Waals surface area contributed by atoms with E-state index in [2.05, 4.69) is 15.9 Å². The number of alkyl halides is 1. The van der Waals surface area contributed by atoms with Gasteiger partial charge >= 0.3 is 5.97 Å². The van der Waals surface area contributed by atoms with Crippen LogP contribution in [-0.4, -0.2) is 53.7 Å². The van der Waals surface area contributed by atoms with Crippen molar-refractivity contribution in [2.75, 3.05) is 29.6 Å². The molecular formula is C35H37BrN2O8. The number of para-hydroxylation sites is 4. The molecule has 2 aliphatic heterocycles. The topological polar surface area (TPSA) is 120 Å². The number of imide groups is 2. The predicted octanol–water partition coefficient (Wildman–Crippen LogP) is 5.22. The summed E-state index contributed by atoms with van der Waals surface area (Å²) in [6, 6.07) is 13.6. The first-order valence-electron chi connectivity index (χ1n) is 15.8. The summed E-state index contributed by atoms with van der Waals surface area (Å²) in [5, 5.41) is 0. The summed E-state index contributed by atoms with van der Waals surface area (Å²) in [6.45, 7) is 9.73. The van der Waals surface area contributed by atoms with Crippen molar-refractivity contribution in [3.8, 4) is 11.5 Å². The first kappa shape index (κ1) is 32.0. The molecule has 2 unspecified atom stereocenters. The molecule has 4 amide bonds. The summed E-state index contributed by atoms with van der Waals surface area (Å²) < 4.78 is 15.8. The lowest BCUT2D eigenvalue weighted by atomic mass is 9.43. The van der Waals surface area contributed by atoms with E-state index in [9.17, 15) is 24.0 Å². The molecule has 0 N–H and O–H groups in total. The second-order valence-electron chi connectivity index (χ2n) is 12.3. The van der Waals surface area contributed by atoms with Crippen LogP contribution < -0.4 is 19.3 Å². The van der Waals surface area contributed by atoms with E-state index in [4.69, 9.17) is 14.2 Å². The zero-order valence-electron chi connectivity index (χ0n) is 26.5. The maximum atomic E-state index is 14.7. The number of hydrogen-bond donors (Lipinski definition) is 0. The molecule has 0 spiro atoms. The first-order chi connectivity index (χ1) is 22.0. The van der Waals surface area contributed by atoms with Crippen LogP contribution in [0.15, 0.2) is 59.7 Å². The Morgan fingerprint density at radius 1 is 0.739 bits per heavy atom. The average molecular weight is 694 g/mol. The van der Waals surface area contributed by atoms with Gasteiger partial charge in [0.05, 0.1) is 59.2 Å². The van der Waals surface area contributed by atoms with Crippen LogP contribution in [0, 0.1) is 29.1 Å². The monoisotopic (exact) mass is 692 g/mol. The van der Waals surface area contributed by atoms with Crippen LogP contribution in [0.3, 0.4) is 0 Å². The summed E-state index contributed by atoms with van der Waals surface area (Å²) in [5.74, 6) is -6.62. The van der Waals surface area contributed by atoms with Gasteiger partial charge in [0.15, 0.2) is 0 Å². The summed E-state index contributed by atoms with van der Waals surface area (Å²) in [4.78, 5) is 74.6. The number of carbonyl (C=O) groups is 5. The van der Waals surface area contributed by atoms with Crippen LogP contribution >= 0.6 is 15.9 Å². The number of benzene rings is 2. The van der Waals surface area contributed by atoms with Crippen molar-refractivity contribution in [1.29, 1.82) is 0 Å². The molecule has 11 heteroatoms. The van der Waals surface area contributed by atoms with E-state index < -0.39 is 63.0 Å². The number of hydrogen-bond acceptors (Lipinski definition) is 8. The largest absolute Gasteiger partial charge is 0.491 e. The van der Waals surface area contributed by atoms with Crippen molar-refractivity contribution in [3.63, 3.8) is 0 Å². The molecule has 2 aromatic carbocycles. The number of allylic oxidation sites excluding steroid dienone is 1. The number of esters is 1. The number of carbonyl (C=O) groups excluding carboxylic acids is 5. The SMILES string of the molecule is CCCOc1ccccc1N1C(=O)[C@@H]2[C@@H](C1=O)C1(Br)C(C)=C(C(=O)OCC)C2(C)[C@@H]2C(=O)N(c3ccccc3OCCC)C(=O)[C@@H]21. The van der Waals surface area contributed by atoms with Gasteiger partial charge in [-0.15, -0.1) is 0 Å². The molecule has 10 nitrogen and oxygen atoms in total. The summed E-state index contributed by atoms with van der Waals surface area (Å²) in [7, 11) is 0. The molecule has 6 atom stereocenters. The number of ether oxygens (including phenoxy) is 3. The van der Waals surface area contributed by atoms with Crippen LogP contribution in [0.5, 0.6) is 11.5 Å². The minimum atomic E-state index is -1.55. The van der Waals surface area contributed by atoms with Crippen molar-refractivity contribution >= 4 is 56.9 Å². The molecule has 242 valence electrons. The summed E-state index contributed by atoms with van der Waals surface area (Å²) in [5.41, 5.74) is -0.441. The zero-order valence-corrected chi connectivity index (χ0v) is 28.1. The van der Waals surface area contributed by atoms with E-state index in [1.807, 2.05) is 13.8 Å². The number of anilines is 2.